The molecule has 15 heavy (non-hydrogen) atoms. The number of aromatic nitrogens is 2. The maximum absolute atomic E-state index is 11.4. The van der Waals surface area contributed by atoms with Crippen molar-refractivity contribution in [2.45, 2.75) is 0 Å². The third-order valence-corrected chi connectivity index (χ3v) is 1.98. The normalized spacial score (nSPS) is 9.53. The summed E-state index contributed by atoms with van der Waals surface area (Å²) in [6.45, 7) is 0.976. The number of nitrogens with one attached hydrogen (secondary N) is 1. The number of anilines is 1. The van der Waals surface area contributed by atoms with Crippen molar-refractivity contribution >= 4 is 18.2 Å². The average Bonchev–Trinajstić information content (AvgIpc) is 2.18. The molecular weight excluding hydrogens is 220 g/mol. The third kappa shape index (κ3) is 2.84. The fourth-order valence-corrected chi connectivity index (χ4v) is 1.10. The highest BCUT2D eigenvalue weighted by molar-refractivity contribution is 5.85. The summed E-state index contributed by atoms with van der Waals surface area (Å²) in [5.41, 5.74) is 4.62. The zero-order chi connectivity index (χ0) is 10.7. The number of rotatable bonds is 3. The Kier molecular flexibility index (Phi) is 5.10. The van der Waals surface area contributed by atoms with Crippen molar-refractivity contribution in [3.63, 3.8) is 0 Å². The van der Waals surface area contributed by atoms with Crippen LogP contribution in [0.2, 0.25) is 0 Å². The molecule has 0 radical (unpaired) electrons. The molecule has 7 heteroatoms. The minimum Gasteiger partial charge on any atom is -0.370 e. The molecule has 0 bridgehead atoms. The van der Waals surface area contributed by atoms with Crippen LogP contribution in [-0.4, -0.2) is 22.2 Å². The second-order valence-electron chi connectivity index (χ2n) is 2.98. The molecule has 1 aromatic rings. The van der Waals surface area contributed by atoms with Crippen LogP contribution < -0.4 is 22.3 Å². The molecule has 0 aliphatic carbocycles. The number of halogens is 1. The molecule has 0 fully saturated rings. The molecule has 0 saturated heterocycles. The summed E-state index contributed by atoms with van der Waals surface area (Å²) in [7, 11) is 3.04. The van der Waals surface area contributed by atoms with Gasteiger partial charge in [0.1, 0.15) is 5.82 Å². The highest BCUT2D eigenvalue weighted by atomic mass is 35.5. The van der Waals surface area contributed by atoms with Gasteiger partial charge in [0, 0.05) is 33.3 Å². The van der Waals surface area contributed by atoms with Crippen molar-refractivity contribution in [2.75, 3.05) is 18.4 Å². The lowest BCUT2D eigenvalue weighted by Gasteiger charge is -2.10. The first-order chi connectivity index (χ1) is 6.57. The SMILES string of the molecule is Cl.Cn1c(NCCN)cc(=O)n(C)c1=O. The molecule has 1 aromatic heterocycles. The van der Waals surface area contributed by atoms with E-state index in [1.807, 2.05) is 0 Å². The topological polar surface area (TPSA) is 82.1 Å². The van der Waals surface area contributed by atoms with E-state index < -0.39 is 0 Å². The van der Waals surface area contributed by atoms with E-state index in [9.17, 15) is 9.59 Å². The van der Waals surface area contributed by atoms with Gasteiger partial charge in [-0.3, -0.25) is 13.9 Å². The summed E-state index contributed by atoms with van der Waals surface area (Å²) >= 11 is 0. The predicted molar refractivity (Wildman–Crippen MR) is 61.7 cm³/mol. The van der Waals surface area contributed by atoms with Gasteiger partial charge in [0.2, 0.25) is 0 Å². The molecule has 3 N–H and O–H groups in total. The van der Waals surface area contributed by atoms with Gasteiger partial charge >= 0.3 is 5.69 Å². The molecule has 0 aliphatic rings. The molecule has 0 aromatic carbocycles. The summed E-state index contributed by atoms with van der Waals surface area (Å²) in [4.78, 5) is 22.7. The van der Waals surface area contributed by atoms with Crippen LogP contribution in [0.3, 0.4) is 0 Å². The van der Waals surface area contributed by atoms with Gasteiger partial charge in [-0.25, -0.2) is 4.79 Å². The average molecular weight is 235 g/mol. The smallest absolute Gasteiger partial charge is 0.332 e. The first-order valence-electron chi connectivity index (χ1n) is 4.29. The third-order valence-electron chi connectivity index (χ3n) is 1.98. The Hall–Kier alpha value is -1.27. The Bertz CT molecular complexity index is 437. The van der Waals surface area contributed by atoms with Crippen LogP contribution in [0.25, 0.3) is 0 Å². The molecule has 0 saturated carbocycles. The summed E-state index contributed by atoms with van der Waals surface area (Å²) in [5.74, 6) is 0.489. The number of nitrogens with two attached hydrogens (primary N) is 1. The van der Waals surface area contributed by atoms with E-state index in [1.165, 1.54) is 17.7 Å². The molecule has 0 atom stereocenters. The Morgan fingerprint density at radius 2 is 1.93 bits per heavy atom. The molecule has 0 aliphatic heterocycles. The molecule has 86 valence electrons. The van der Waals surface area contributed by atoms with Crippen LogP contribution in [0.1, 0.15) is 0 Å². The highest BCUT2D eigenvalue weighted by Crippen LogP contribution is 1.96. The molecule has 1 rings (SSSR count). The standard InChI is InChI=1S/C8H14N4O2.ClH/c1-11-6(10-4-3-9)5-7(13)12(2)8(11)14;/h5,10H,3-4,9H2,1-2H3;1H. The highest BCUT2D eigenvalue weighted by Gasteiger charge is 2.03. The first-order valence-corrected chi connectivity index (χ1v) is 4.29. The number of nitrogens with zero attached hydrogens (tertiary/aromatic N) is 2. The summed E-state index contributed by atoms with van der Waals surface area (Å²) in [6.07, 6.45) is 0. The van der Waals surface area contributed by atoms with E-state index >= 15 is 0 Å². The van der Waals surface area contributed by atoms with Gasteiger partial charge < -0.3 is 11.1 Å². The van der Waals surface area contributed by atoms with Crippen molar-refractivity contribution in [2.24, 2.45) is 19.8 Å². The predicted octanol–water partition coefficient (Wildman–Crippen LogP) is -1.12. The van der Waals surface area contributed by atoms with Crippen molar-refractivity contribution < 1.29 is 0 Å². The Morgan fingerprint density at radius 3 is 2.47 bits per heavy atom. The lowest BCUT2D eigenvalue weighted by Crippen LogP contribution is -2.37. The Labute approximate surface area is 93.1 Å². The van der Waals surface area contributed by atoms with Crippen molar-refractivity contribution in [1.29, 1.82) is 0 Å². The lowest BCUT2D eigenvalue weighted by molar-refractivity contribution is 0.689. The van der Waals surface area contributed by atoms with Gasteiger partial charge in [0.05, 0.1) is 0 Å². The molecular formula is C8H15ClN4O2. The zero-order valence-corrected chi connectivity index (χ0v) is 9.50. The molecule has 0 unspecified atom stereocenters. The van der Waals surface area contributed by atoms with E-state index in [-0.39, 0.29) is 23.7 Å². The van der Waals surface area contributed by atoms with Crippen molar-refractivity contribution in [3.8, 4) is 0 Å². The largest absolute Gasteiger partial charge is 0.370 e. The van der Waals surface area contributed by atoms with Crippen molar-refractivity contribution in [1.82, 2.24) is 9.13 Å². The van der Waals surface area contributed by atoms with Crippen LogP contribution in [-0.2, 0) is 14.1 Å². The molecule has 6 nitrogen and oxygen atoms in total. The van der Waals surface area contributed by atoms with Crippen LogP contribution in [0.5, 0.6) is 0 Å². The van der Waals surface area contributed by atoms with Gasteiger partial charge in [-0.1, -0.05) is 0 Å². The summed E-state index contributed by atoms with van der Waals surface area (Å²) in [5, 5.41) is 2.90. The van der Waals surface area contributed by atoms with E-state index in [1.54, 1.807) is 7.05 Å². The van der Waals surface area contributed by atoms with E-state index in [0.717, 1.165) is 4.57 Å². The van der Waals surface area contributed by atoms with E-state index in [4.69, 9.17) is 5.73 Å². The molecule has 0 spiro atoms. The van der Waals surface area contributed by atoms with Crippen LogP contribution in [0, 0.1) is 0 Å². The Balaban J connectivity index is 0.00000196. The van der Waals surface area contributed by atoms with Gasteiger partial charge in [-0.05, 0) is 0 Å². The summed E-state index contributed by atoms with van der Waals surface area (Å²) < 4.78 is 2.42. The summed E-state index contributed by atoms with van der Waals surface area (Å²) in [6, 6.07) is 1.37. The van der Waals surface area contributed by atoms with Gasteiger partial charge in [-0.15, -0.1) is 12.4 Å². The maximum atomic E-state index is 11.4. The van der Waals surface area contributed by atoms with E-state index in [0.29, 0.717) is 18.9 Å². The van der Waals surface area contributed by atoms with Gasteiger partial charge in [0.15, 0.2) is 0 Å². The minimum absolute atomic E-state index is 0. The van der Waals surface area contributed by atoms with Crippen LogP contribution in [0.4, 0.5) is 5.82 Å². The Morgan fingerprint density at radius 1 is 1.33 bits per heavy atom. The maximum Gasteiger partial charge on any atom is 0.332 e. The monoisotopic (exact) mass is 234 g/mol. The minimum atomic E-state index is -0.350. The zero-order valence-electron chi connectivity index (χ0n) is 8.69. The molecule has 0 amide bonds. The van der Waals surface area contributed by atoms with E-state index in [2.05, 4.69) is 5.32 Å². The van der Waals surface area contributed by atoms with Crippen LogP contribution >= 0.6 is 12.4 Å². The quantitative estimate of drug-likeness (QED) is 0.694. The fourth-order valence-electron chi connectivity index (χ4n) is 1.10. The van der Waals surface area contributed by atoms with Gasteiger partial charge in [0.25, 0.3) is 5.56 Å². The lowest BCUT2D eigenvalue weighted by atomic mass is 10.5. The molecule has 1 heterocycles. The first kappa shape index (κ1) is 13.7. The number of hydrogen-bond acceptors (Lipinski definition) is 4. The van der Waals surface area contributed by atoms with Gasteiger partial charge in [-0.2, -0.15) is 0 Å². The van der Waals surface area contributed by atoms with Crippen LogP contribution in [0.15, 0.2) is 15.7 Å². The second kappa shape index (κ2) is 5.57. The second-order valence-corrected chi connectivity index (χ2v) is 2.98. The van der Waals surface area contributed by atoms with Crippen molar-refractivity contribution in [3.05, 3.63) is 26.9 Å². The number of hydrogen-bond donors (Lipinski definition) is 2. The fraction of sp³-hybridized carbons (Fsp3) is 0.500.